The third-order valence-corrected chi connectivity index (χ3v) is 6.83. The van der Waals surface area contributed by atoms with Crippen LogP contribution in [0.3, 0.4) is 0 Å². The topological polar surface area (TPSA) is 44.4 Å². The van der Waals surface area contributed by atoms with E-state index in [0.29, 0.717) is 6.61 Å². The van der Waals surface area contributed by atoms with Crippen molar-refractivity contribution in [2.24, 2.45) is 0 Å². The fourth-order valence-electron chi connectivity index (χ4n) is 4.79. The van der Waals surface area contributed by atoms with Gasteiger partial charge in [0.2, 0.25) is 0 Å². The number of nitrogens with zero attached hydrogens (tertiary/aromatic N) is 3. The molecule has 0 unspecified atom stereocenters. The summed E-state index contributed by atoms with van der Waals surface area (Å²) in [7, 11) is 0. The highest BCUT2D eigenvalue weighted by Crippen LogP contribution is 2.26. The quantitative estimate of drug-likeness (QED) is 0.332. The van der Waals surface area contributed by atoms with Gasteiger partial charge in [0.05, 0.1) is 17.6 Å². The second-order valence-corrected chi connectivity index (χ2v) is 9.34. The number of benzene rings is 3. The Morgan fingerprint density at radius 3 is 1.97 bits per heavy atom. The van der Waals surface area contributed by atoms with Gasteiger partial charge in [0.15, 0.2) is 0 Å². The fourth-order valence-corrected chi connectivity index (χ4v) is 4.79. The molecule has 0 bridgehead atoms. The standard InChI is InChI=1S/C29H32F2N4O/c30-24-11-7-22(8-12-24)29(23-9-13-25(31)14-10-23)36-21-20-35-18-16-34(17-19-35)15-3-6-28-32-26-4-1-2-5-27(26)33-28/h1-2,4-5,7-14,29H,3,6,15-21H2,(H,32,33). The number of aryl methyl sites for hydroxylation is 1. The highest BCUT2D eigenvalue weighted by Gasteiger charge is 2.19. The van der Waals surface area contributed by atoms with Crippen LogP contribution in [0.25, 0.3) is 11.0 Å². The molecule has 188 valence electrons. The van der Waals surface area contributed by atoms with E-state index in [1.165, 1.54) is 24.3 Å². The number of halogens is 2. The van der Waals surface area contributed by atoms with Gasteiger partial charge in [-0.1, -0.05) is 36.4 Å². The molecule has 0 atom stereocenters. The van der Waals surface area contributed by atoms with E-state index in [0.717, 1.165) is 80.1 Å². The molecule has 5 nitrogen and oxygen atoms in total. The largest absolute Gasteiger partial charge is 0.367 e. The molecule has 0 spiro atoms. The molecular weight excluding hydrogens is 458 g/mol. The second kappa shape index (κ2) is 11.7. The van der Waals surface area contributed by atoms with E-state index in [-0.39, 0.29) is 17.7 Å². The molecule has 36 heavy (non-hydrogen) atoms. The van der Waals surface area contributed by atoms with Crippen LogP contribution in [-0.4, -0.2) is 65.6 Å². The Hall–Kier alpha value is -3.13. The maximum atomic E-state index is 13.4. The minimum Gasteiger partial charge on any atom is -0.367 e. The van der Waals surface area contributed by atoms with Gasteiger partial charge < -0.3 is 14.6 Å². The Labute approximate surface area is 210 Å². The SMILES string of the molecule is Fc1ccc(C(OCCN2CCN(CCCc3nc4ccccc4[nH]3)CC2)c2ccc(F)cc2)cc1. The van der Waals surface area contributed by atoms with E-state index >= 15 is 0 Å². The molecule has 7 heteroatoms. The molecular formula is C29H32F2N4O. The Bertz CT molecular complexity index is 1160. The van der Waals surface area contributed by atoms with Crippen LogP contribution in [0.15, 0.2) is 72.8 Å². The van der Waals surface area contributed by atoms with Crippen LogP contribution in [0.1, 0.15) is 29.5 Å². The Balaban J connectivity index is 1.06. The molecule has 0 saturated carbocycles. The van der Waals surface area contributed by atoms with Crippen molar-refractivity contribution in [2.75, 3.05) is 45.9 Å². The lowest BCUT2D eigenvalue weighted by Crippen LogP contribution is -2.47. The van der Waals surface area contributed by atoms with Crippen LogP contribution in [0.5, 0.6) is 0 Å². The summed E-state index contributed by atoms with van der Waals surface area (Å²) >= 11 is 0. The molecule has 1 aromatic heterocycles. The van der Waals surface area contributed by atoms with E-state index in [1.807, 2.05) is 18.2 Å². The molecule has 3 aromatic carbocycles. The summed E-state index contributed by atoms with van der Waals surface area (Å²) < 4.78 is 33.1. The first-order valence-electron chi connectivity index (χ1n) is 12.6. The Kier molecular flexibility index (Phi) is 8.01. The zero-order valence-corrected chi connectivity index (χ0v) is 20.4. The average Bonchev–Trinajstić information content (AvgIpc) is 3.32. The lowest BCUT2D eigenvalue weighted by atomic mass is 10.0. The number of fused-ring (bicyclic) bond motifs is 1. The van der Waals surface area contributed by atoms with E-state index in [1.54, 1.807) is 24.3 Å². The normalized spacial score (nSPS) is 15.2. The summed E-state index contributed by atoms with van der Waals surface area (Å²) in [6.07, 6.45) is 1.68. The van der Waals surface area contributed by atoms with Gasteiger partial charge in [-0.2, -0.15) is 0 Å². The zero-order chi connectivity index (χ0) is 24.7. The van der Waals surface area contributed by atoms with Gasteiger partial charge in [0, 0.05) is 39.1 Å². The first-order chi connectivity index (χ1) is 17.6. The average molecular weight is 491 g/mol. The van der Waals surface area contributed by atoms with Gasteiger partial charge in [0.1, 0.15) is 23.6 Å². The summed E-state index contributed by atoms with van der Waals surface area (Å²) in [6.45, 7) is 6.53. The van der Waals surface area contributed by atoms with Gasteiger partial charge in [-0.25, -0.2) is 13.8 Å². The fraction of sp³-hybridized carbons (Fsp3) is 0.345. The Morgan fingerprint density at radius 1 is 0.778 bits per heavy atom. The van der Waals surface area contributed by atoms with Crippen LogP contribution in [0.2, 0.25) is 0 Å². The van der Waals surface area contributed by atoms with Gasteiger partial charge in [0.25, 0.3) is 0 Å². The number of nitrogens with one attached hydrogen (secondary N) is 1. The van der Waals surface area contributed by atoms with Gasteiger partial charge in [-0.05, 0) is 60.5 Å². The number of piperazine rings is 1. The molecule has 4 aromatic rings. The first-order valence-corrected chi connectivity index (χ1v) is 12.6. The highest BCUT2D eigenvalue weighted by atomic mass is 19.1. The van der Waals surface area contributed by atoms with E-state index in [9.17, 15) is 8.78 Å². The summed E-state index contributed by atoms with van der Waals surface area (Å²) in [5, 5.41) is 0. The van der Waals surface area contributed by atoms with Crippen molar-refractivity contribution in [3.63, 3.8) is 0 Å². The van der Waals surface area contributed by atoms with Crippen LogP contribution < -0.4 is 0 Å². The van der Waals surface area contributed by atoms with E-state index in [4.69, 9.17) is 4.74 Å². The van der Waals surface area contributed by atoms with Crippen molar-refractivity contribution in [1.82, 2.24) is 19.8 Å². The molecule has 0 radical (unpaired) electrons. The summed E-state index contributed by atoms with van der Waals surface area (Å²) in [4.78, 5) is 13.0. The molecule has 5 rings (SSSR count). The monoisotopic (exact) mass is 490 g/mol. The summed E-state index contributed by atoms with van der Waals surface area (Å²) in [6, 6.07) is 20.8. The lowest BCUT2D eigenvalue weighted by Gasteiger charge is -2.34. The lowest BCUT2D eigenvalue weighted by molar-refractivity contribution is 0.0451. The predicted molar refractivity (Wildman–Crippen MR) is 138 cm³/mol. The number of rotatable bonds is 10. The van der Waals surface area contributed by atoms with Crippen molar-refractivity contribution in [3.05, 3.63) is 101 Å². The van der Waals surface area contributed by atoms with Gasteiger partial charge >= 0.3 is 0 Å². The van der Waals surface area contributed by atoms with Crippen LogP contribution in [0, 0.1) is 11.6 Å². The number of ether oxygens (including phenoxy) is 1. The van der Waals surface area contributed by atoms with Crippen molar-refractivity contribution < 1.29 is 13.5 Å². The number of imidazole rings is 1. The number of hydrogen-bond donors (Lipinski definition) is 1. The van der Waals surface area contributed by atoms with Crippen molar-refractivity contribution in [1.29, 1.82) is 0 Å². The minimum absolute atomic E-state index is 0.285. The molecule has 0 amide bonds. The Morgan fingerprint density at radius 2 is 1.36 bits per heavy atom. The van der Waals surface area contributed by atoms with Crippen molar-refractivity contribution in [3.8, 4) is 0 Å². The van der Waals surface area contributed by atoms with Crippen LogP contribution in [0.4, 0.5) is 8.78 Å². The molecule has 2 heterocycles. The first kappa shape index (κ1) is 24.6. The van der Waals surface area contributed by atoms with Crippen molar-refractivity contribution >= 4 is 11.0 Å². The second-order valence-electron chi connectivity index (χ2n) is 9.34. The maximum Gasteiger partial charge on any atom is 0.123 e. The van der Waals surface area contributed by atoms with Gasteiger partial charge in [-0.3, -0.25) is 4.90 Å². The third-order valence-electron chi connectivity index (χ3n) is 6.83. The summed E-state index contributed by atoms with van der Waals surface area (Å²) in [5.41, 5.74) is 3.85. The third kappa shape index (κ3) is 6.35. The smallest absolute Gasteiger partial charge is 0.123 e. The zero-order valence-electron chi connectivity index (χ0n) is 20.4. The van der Waals surface area contributed by atoms with E-state index < -0.39 is 0 Å². The highest BCUT2D eigenvalue weighted by molar-refractivity contribution is 5.74. The minimum atomic E-state index is -0.356. The maximum absolute atomic E-state index is 13.4. The van der Waals surface area contributed by atoms with Crippen LogP contribution >= 0.6 is 0 Å². The molecule has 1 fully saturated rings. The van der Waals surface area contributed by atoms with Crippen LogP contribution in [-0.2, 0) is 11.2 Å². The molecule has 1 aliphatic rings. The molecule has 1 N–H and O–H groups in total. The number of H-pyrrole nitrogens is 1. The summed E-state index contributed by atoms with van der Waals surface area (Å²) in [5.74, 6) is 0.489. The predicted octanol–water partition coefficient (Wildman–Crippen LogP) is 5.20. The molecule has 0 aliphatic carbocycles. The van der Waals surface area contributed by atoms with E-state index in [2.05, 4.69) is 25.8 Å². The number of aromatic nitrogens is 2. The van der Waals surface area contributed by atoms with Crippen molar-refractivity contribution in [2.45, 2.75) is 18.9 Å². The molecule has 1 saturated heterocycles. The number of hydrogen-bond acceptors (Lipinski definition) is 4. The number of aromatic amines is 1. The molecule has 1 aliphatic heterocycles. The van der Waals surface area contributed by atoms with Gasteiger partial charge in [-0.15, -0.1) is 0 Å². The number of para-hydroxylation sites is 2.